The molecule has 4 nitrogen and oxygen atoms in total. The molecule has 0 spiro atoms. The van der Waals surface area contributed by atoms with E-state index in [1.165, 1.54) is 0 Å². The summed E-state index contributed by atoms with van der Waals surface area (Å²) in [5.74, 6) is 0.0833. The average molecular weight is 356 g/mol. The molecule has 1 heterocycles. The third-order valence-corrected chi connectivity index (χ3v) is 5.71. The highest BCUT2D eigenvalue weighted by atomic mass is 32.2. The van der Waals surface area contributed by atoms with Gasteiger partial charge in [0.15, 0.2) is 0 Å². The van der Waals surface area contributed by atoms with Crippen molar-refractivity contribution in [3.8, 4) is 0 Å². The number of carbonyl (C=O) groups is 2. The Morgan fingerprint density at radius 2 is 2.08 bits per heavy atom. The summed E-state index contributed by atoms with van der Waals surface area (Å²) >= 11 is 1.56. The molecule has 1 amide bonds. The molecule has 0 saturated heterocycles. The summed E-state index contributed by atoms with van der Waals surface area (Å²) in [4.78, 5) is 26.4. The zero-order chi connectivity index (χ0) is 17.8. The first-order valence-corrected chi connectivity index (χ1v) is 9.76. The van der Waals surface area contributed by atoms with E-state index in [0.29, 0.717) is 13.0 Å². The van der Waals surface area contributed by atoms with E-state index in [1.807, 2.05) is 30.0 Å². The number of benzene rings is 2. The lowest BCUT2D eigenvalue weighted by molar-refractivity contribution is -0.108. The van der Waals surface area contributed by atoms with Crippen LogP contribution < -0.4 is 9.62 Å². The van der Waals surface area contributed by atoms with Crippen molar-refractivity contribution < 1.29 is 9.59 Å². The Bertz CT molecular complexity index is 791. The predicted octanol–water partition coefficient (Wildman–Crippen LogP) is 4.56. The zero-order valence-corrected chi connectivity index (χ0v) is 15.6. The second-order valence-corrected chi connectivity index (χ2v) is 7.20. The van der Waals surface area contributed by atoms with Crippen LogP contribution in [-0.4, -0.2) is 24.8 Å². The molecule has 1 aliphatic rings. The normalized spacial score (nSPS) is 14.3. The maximum Gasteiger partial charge on any atom is 0.258 e. The van der Waals surface area contributed by atoms with E-state index < -0.39 is 0 Å². The van der Waals surface area contributed by atoms with E-state index in [2.05, 4.69) is 23.8 Å². The van der Waals surface area contributed by atoms with Crippen LogP contribution in [0.15, 0.2) is 35.2 Å². The third kappa shape index (κ3) is 3.44. The molecule has 0 aliphatic carbocycles. The Labute approximate surface area is 153 Å². The van der Waals surface area contributed by atoms with Crippen molar-refractivity contribution in [3.05, 3.63) is 35.9 Å². The van der Waals surface area contributed by atoms with Gasteiger partial charge in [0, 0.05) is 34.9 Å². The summed E-state index contributed by atoms with van der Waals surface area (Å²) in [6.07, 6.45) is 4.73. The number of nitrogens with zero attached hydrogens (tertiary/aromatic N) is 1. The van der Waals surface area contributed by atoms with Crippen LogP contribution in [-0.2, 0) is 4.79 Å². The number of aldehydes is 1. The molecule has 0 radical (unpaired) electrons. The topological polar surface area (TPSA) is 49.4 Å². The molecule has 5 heteroatoms. The van der Waals surface area contributed by atoms with Gasteiger partial charge >= 0.3 is 0 Å². The first-order valence-electron chi connectivity index (χ1n) is 8.94. The molecular formula is C20H24N2O2S. The zero-order valence-electron chi connectivity index (χ0n) is 14.7. The predicted molar refractivity (Wildman–Crippen MR) is 104 cm³/mol. The molecule has 1 atom stereocenters. The molecule has 1 aliphatic heterocycles. The van der Waals surface area contributed by atoms with Crippen LogP contribution in [0.3, 0.4) is 0 Å². The number of hydrogen-bond acceptors (Lipinski definition) is 4. The summed E-state index contributed by atoms with van der Waals surface area (Å²) < 4.78 is 3.45. The van der Waals surface area contributed by atoms with Crippen molar-refractivity contribution in [2.75, 3.05) is 11.4 Å². The quantitative estimate of drug-likeness (QED) is 0.528. The van der Waals surface area contributed by atoms with E-state index in [9.17, 15) is 9.59 Å². The smallest absolute Gasteiger partial charge is 0.258 e. The first kappa shape index (κ1) is 18.0. The molecule has 25 heavy (non-hydrogen) atoms. The fourth-order valence-electron chi connectivity index (χ4n) is 3.36. The molecule has 0 aromatic heterocycles. The van der Waals surface area contributed by atoms with Gasteiger partial charge in [0.05, 0.1) is 5.69 Å². The number of amides is 1. The van der Waals surface area contributed by atoms with Gasteiger partial charge in [-0.2, -0.15) is 0 Å². The highest BCUT2D eigenvalue weighted by Crippen LogP contribution is 2.41. The summed E-state index contributed by atoms with van der Waals surface area (Å²) in [5, 5.41) is 2.14. The van der Waals surface area contributed by atoms with Crippen molar-refractivity contribution in [3.63, 3.8) is 0 Å². The van der Waals surface area contributed by atoms with Crippen molar-refractivity contribution in [1.82, 2.24) is 4.72 Å². The fraction of sp³-hybridized carbons (Fsp3) is 0.400. The lowest BCUT2D eigenvalue weighted by Gasteiger charge is -2.17. The van der Waals surface area contributed by atoms with Crippen LogP contribution in [0.2, 0.25) is 0 Å². The summed E-state index contributed by atoms with van der Waals surface area (Å²) in [6.45, 7) is 4.83. The SMILES string of the molecule is CCCCC(CC=O)NSc1ccc2c3c(cccc13)C(=O)N2CC. The number of nitrogens with one attached hydrogen (secondary N) is 1. The van der Waals surface area contributed by atoms with Crippen LogP contribution in [0.25, 0.3) is 10.8 Å². The first-order chi connectivity index (χ1) is 12.2. The Kier molecular flexibility index (Phi) is 5.76. The lowest BCUT2D eigenvalue weighted by atomic mass is 10.1. The average Bonchev–Trinajstić information content (AvgIpc) is 2.92. The molecular weight excluding hydrogens is 332 g/mol. The van der Waals surface area contributed by atoms with Gasteiger partial charge in [-0.1, -0.05) is 31.9 Å². The van der Waals surface area contributed by atoms with Crippen molar-refractivity contribution in [1.29, 1.82) is 0 Å². The largest absolute Gasteiger partial charge is 0.308 e. The van der Waals surface area contributed by atoms with Gasteiger partial charge in [0.2, 0.25) is 0 Å². The van der Waals surface area contributed by atoms with Crippen molar-refractivity contribution in [2.24, 2.45) is 0 Å². The van der Waals surface area contributed by atoms with E-state index in [-0.39, 0.29) is 11.9 Å². The summed E-state index contributed by atoms with van der Waals surface area (Å²) in [5.41, 5.74) is 1.78. The molecule has 0 fully saturated rings. The lowest BCUT2D eigenvalue weighted by Crippen LogP contribution is -2.25. The Morgan fingerprint density at radius 3 is 2.80 bits per heavy atom. The summed E-state index contributed by atoms with van der Waals surface area (Å²) in [6, 6.07) is 10.2. The molecule has 2 aromatic carbocycles. The molecule has 0 saturated carbocycles. The standard InChI is InChI=1S/C20H24N2O2S/c1-3-5-7-14(12-13-23)21-25-18-11-10-17-19-15(18)8-6-9-16(19)20(24)22(17)4-2/h6,8-11,13-14,21H,3-5,7,12H2,1-2H3. The van der Waals surface area contributed by atoms with E-state index in [0.717, 1.165) is 52.5 Å². The summed E-state index contributed by atoms with van der Waals surface area (Å²) in [7, 11) is 0. The highest BCUT2D eigenvalue weighted by molar-refractivity contribution is 7.97. The minimum Gasteiger partial charge on any atom is -0.308 e. The number of rotatable bonds is 9. The molecule has 132 valence electrons. The molecule has 0 bridgehead atoms. The highest BCUT2D eigenvalue weighted by Gasteiger charge is 2.29. The Balaban J connectivity index is 1.88. The van der Waals surface area contributed by atoms with E-state index in [1.54, 1.807) is 11.9 Å². The Hall–Kier alpha value is -1.85. The second kappa shape index (κ2) is 8.02. The number of carbonyl (C=O) groups excluding carboxylic acids is 2. The van der Waals surface area contributed by atoms with Crippen molar-refractivity contribution in [2.45, 2.75) is 50.5 Å². The van der Waals surface area contributed by atoms with E-state index in [4.69, 9.17) is 0 Å². The van der Waals surface area contributed by atoms with Crippen LogP contribution >= 0.6 is 11.9 Å². The van der Waals surface area contributed by atoms with Crippen LogP contribution in [0.1, 0.15) is 49.9 Å². The molecule has 2 aromatic rings. The maximum atomic E-state index is 12.6. The fourth-order valence-corrected chi connectivity index (χ4v) is 4.28. The van der Waals surface area contributed by atoms with Gasteiger partial charge in [0.1, 0.15) is 6.29 Å². The van der Waals surface area contributed by atoms with Gasteiger partial charge in [-0.15, -0.1) is 0 Å². The minimum atomic E-state index is 0.0833. The number of unbranched alkanes of at least 4 members (excludes halogenated alkanes) is 1. The van der Waals surface area contributed by atoms with Crippen LogP contribution in [0, 0.1) is 0 Å². The molecule has 1 N–H and O–H groups in total. The third-order valence-electron chi connectivity index (χ3n) is 4.68. The van der Waals surface area contributed by atoms with Gasteiger partial charge in [0.25, 0.3) is 5.91 Å². The van der Waals surface area contributed by atoms with Gasteiger partial charge < -0.3 is 9.69 Å². The minimum absolute atomic E-state index is 0.0833. The maximum absolute atomic E-state index is 12.6. The molecule has 1 unspecified atom stereocenters. The van der Waals surface area contributed by atoms with E-state index >= 15 is 0 Å². The number of hydrogen-bond donors (Lipinski definition) is 1. The second-order valence-electron chi connectivity index (χ2n) is 6.32. The van der Waals surface area contributed by atoms with Gasteiger partial charge in [-0.25, -0.2) is 0 Å². The monoisotopic (exact) mass is 356 g/mol. The number of anilines is 1. The van der Waals surface area contributed by atoms with Gasteiger partial charge in [-0.3, -0.25) is 9.52 Å². The van der Waals surface area contributed by atoms with Crippen LogP contribution in [0.4, 0.5) is 5.69 Å². The van der Waals surface area contributed by atoms with Gasteiger partial charge in [-0.05, 0) is 48.9 Å². The van der Waals surface area contributed by atoms with Crippen molar-refractivity contribution >= 4 is 40.6 Å². The Morgan fingerprint density at radius 1 is 1.24 bits per heavy atom. The molecule has 3 rings (SSSR count). The van der Waals surface area contributed by atoms with Crippen LogP contribution in [0.5, 0.6) is 0 Å².